The number of carbonyl (C=O) groups excluding carboxylic acids is 1. The minimum absolute atomic E-state index is 0.111. The summed E-state index contributed by atoms with van der Waals surface area (Å²) < 4.78 is 56.2. The van der Waals surface area contributed by atoms with Crippen molar-refractivity contribution in [1.82, 2.24) is 0 Å². The van der Waals surface area contributed by atoms with E-state index < -0.39 is 27.6 Å². The van der Waals surface area contributed by atoms with Crippen LogP contribution in [0.5, 0.6) is 5.75 Å². The van der Waals surface area contributed by atoms with Gasteiger partial charge in [0.15, 0.2) is 11.6 Å². The van der Waals surface area contributed by atoms with E-state index in [2.05, 4.69) is 5.32 Å². The predicted molar refractivity (Wildman–Crippen MR) is 109 cm³/mol. The Bertz CT molecular complexity index is 1040. The number of ether oxygens (including phenoxy) is 1. The van der Waals surface area contributed by atoms with Gasteiger partial charge in [-0.15, -0.1) is 0 Å². The van der Waals surface area contributed by atoms with Crippen molar-refractivity contribution >= 4 is 21.6 Å². The molecular weight excluding hydrogens is 414 g/mol. The Morgan fingerprint density at radius 2 is 1.87 bits per heavy atom. The molecule has 3 rings (SSSR count). The summed E-state index contributed by atoms with van der Waals surface area (Å²) in [6, 6.07) is 8.19. The zero-order valence-corrected chi connectivity index (χ0v) is 17.3. The van der Waals surface area contributed by atoms with E-state index >= 15 is 0 Å². The first-order chi connectivity index (χ1) is 14.2. The summed E-state index contributed by atoms with van der Waals surface area (Å²) in [6.07, 6.45) is 3.77. The first-order valence-electron chi connectivity index (χ1n) is 9.68. The fourth-order valence-corrected chi connectivity index (χ4v) is 4.59. The van der Waals surface area contributed by atoms with E-state index in [4.69, 9.17) is 9.88 Å². The van der Waals surface area contributed by atoms with E-state index in [1.54, 1.807) is 6.07 Å². The summed E-state index contributed by atoms with van der Waals surface area (Å²) in [5.41, 5.74) is 0.753. The van der Waals surface area contributed by atoms with Gasteiger partial charge in [0.1, 0.15) is 0 Å². The van der Waals surface area contributed by atoms with E-state index in [1.165, 1.54) is 31.4 Å². The second-order valence-electron chi connectivity index (χ2n) is 7.40. The SMILES string of the molecule is COc1c(C2CCCCCC2C(=O)Nc2cccc(S(N)(=O)=O)c2)ccc(F)c1F. The van der Waals surface area contributed by atoms with Gasteiger partial charge >= 0.3 is 0 Å². The summed E-state index contributed by atoms with van der Waals surface area (Å²) >= 11 is 0. The molecule has 0 spiro atoms. The Morgan fingerprint density at radius 3 is 2.57 bits per heavy atom. The fourth-order valence-electron chi connectivity index (χ4n) is 4.03. The molecule has 0 aromatic heterocycles. The molecule has 162 valence electrons. The smallest absolute Gasteiger partial charge is 0.238 e. The summed E-state index contributed by atoms with van der Waals surface area (Å²) in [7, 11) is -2.64. The molecule has 30 heavy (non-hydrogen) atoms. The zero-order valence-electron chi connectivity index (χ0n) is 16.5. The average molecular weight is 438 g/mol. The van der Waals surface area contributed by atoms with Crippen molar-refractivity contribution in [3.05, 3.63) is 53.6 Å². The van der Waals surface area contributed by atoms with Crippen molar-refractivity contribution in [1.29, 1.82) is 0 Å². The topological polar surface area (TPSA) is 98.5 Å². The number of anilines is 1. The third-order valence-electron chi connectivity index (χ3n) is 5.47. The van der Waals surface area contributed by atoms with E-state index in [0.717, 1.165) is 25.3 Å². The molecule has 2 atom stereocenters. The molecule has 1 fully saturated rings. The molecule has 3 N–H and O–H groups in total. The third kappa shape index (κ3) is 4.79. The molecule has 2 unspecified atom stereocenters. The molecule has 1 aliphatic rings. The number of halogens is 2. The van der Waals surface area contributed by atoms with Gasteiger partial charge < -0.3 is 10.1 Å². The van der Waals surface area contributed by atoms with Gasteiger partial charge in [-0.05, 0) is 43.0 Å². The second kappa shape index (κ2) is 9.09. The molecule has 2 aromatic rings. The Morgan fingerprint density at radius 1 is 1.13 bits per heavy atom. The van der Waals surface area contributed by atoms with Gasteiger partial charge in [-0.2, -0.15) is 4.39 Å². The monoisotopic (exact) mass is 438 g/mol. The van der Waals surface area contributed by atoms with Crippen LogP contribution in [0.3, 0.4) is 0 Å². The van der Waals surface area contributed by atoms with Gasteiger partial charge in [0.05, 0.1) is 12.0 Å². The molecular formula is C21H24F2N2O4S. The van der Waals surface area contributed by atoms with Crippen LogP contribution in [-0.4, -0.2) is 21.4 Å². The maximum atomic E-state index is 14.3. The standard InChI is InChI=1S/C21H24F2N2O4S/c1-29-20-16(10-11-18(22)19(20)23)15-8-3-2-4-9-17(15)21(26)25-13-6-5-7-14(12-13)30(24,27)28/h5-7,10-12,15,17H,2-4,8-9H2,1H3,(H,25,26)(H2,24,27,28). The van der Waals surface area contributed by atoms with Crippen molar-refractivity contribution in [2.45, 2.75) is 42.9 Å². The van der Waals surface area contributed by atoms with Gasteiger partial charge in [0.25, 0.3) is 0 Å². The lowest BCUT2D eigenvalue weighted by molar-refractivity contribution is -0.120. The Hall–Kier alpha value is -2.52. The zero-order chi connectivity index (χ0) is 21.9. The molecule has 0 saturated heterocycles. The van der Waals surface area contributed by atoms with Crippen LogP contribution in [0.1, 0.15) is 43.6 Å². The Labute approximate surface area is 174 Å². The number of carbonyl (C=O) groups is 1. The number of nitrogens with two attached hydrogens (primary N) is 1. The molecule has 0 bridgehead atoms. The number of benzene rings is 2. The first-order valence-corrected chi connectivity index (χ1v) is 11.2. The van der Waals surface area contributed by atoms with Crippen molar-refractivity contribution in [2.24, 2.45) is 11.1 Å². The molecule has 9 heteroatoms. The number of sulfonamides is 1. The van der Waals surface area contributed by atoms with Crippen molar-refractivity contribution in [2.75, 3.05) is 12.4 Å². The number of amides is 1. The van der Waals surface area contributed by atoms with Crippen LogP contribution < -0.4 is 15.2 Å². The minimum Gasteiger partial charge on any atom is -0.493 e. The molecule has 1 aliphatic carbocycles. The summed E-state index contributed by atoms with van der Waals surface area (Å²) in [5.74, 6) is -3.45. The fraction of sp³-hybridized carbons (Fsp3) is 0.381. The summed E-state index contributed by atoms with van der Waals surface area (Å²) in [4.78, 5) is 13.0. The second-order valence-corrected chi connectivity index (χ2v) is 8.96. The van der Waals surface area contributed by atoms with E-state index in [-0.39, 0.29) is 22.5 Å². The lowest BCUT2D eigenvalue weighted by Crippen LogP contribution is -2.28. The molecule has 1 amide bonds. The van der Waals surface area contributed by atoms with E-state index in [9.17, 15) is 22.0 Å². The van der Waals surface area contributed by atoms with Gasteiger partial charge in [0, 0.05) is 17.2 Å². The number of primary sulfonamides is 1. The highest BCUT2D eigenvalue weighted by Crippen LogP contribution is 2.42. The lowest BCUT2D eigenvalue weighted by Gasteiger charge is -2.26. The van der Waals surface area contributed by atoms with Gasteiger partial charge in [-0.1, -0.05) is 31.4 Å². The van der Waals surface area contributed by atoms with Crippen LogP contribution in [-0.2, 0) is 14.8 Å². The Kier molecular flexibility index (Phi) is 6.72. The summed E-state index contributed by atoms with van der Waals surface area (Å²) in [5, 5.41) is 7.90. The highest BCUT2D eigenvalue weighted by molar-refractivity contribution is 7.89. The molecule has 1 saturated carbocycles. The molecule has 0 radical (unpaired) electrons. The van der Waals surface area contributed by atoms with E-state index in [0.29, 0.717) is 24.1 Å². The molecule has 6 nitrogen and oxygen atoms in total. The van der Waals surface area contributed by atoms with Crippen LogP contribution in [0.15, 0.2) is 41.3 Å². The van der Waals surface area contributed by atoms with Crippen LogP contribution in [0.25, 0.3) is 0 Å². The number of methoxy groups -OCH3 is 1. The van der Waals surface area contributed by atoms with Crippen molar-refractivity contribution in [3.8, 4) is 5.75 Å². The largest absolute Gasteiger partial charge is 0.493 e. The quantitative estimate of drug-likeness (QED) is 0.691. The average Bonchev–Trinajstić information content (AvgIpc) is 2.95. The summed E-state index contributed by atoms with van der Waals surface area (Å²) in [6.45, 7) is 0. The molecule has 0 aliphatic heterocycles. The number of hydrogen-bond donors (Lipinski definition) is 2. The molecule has 0 heterocycles. The number of rotatable bonds is 5. The maximum Gasteiger partial charge on any atom is 0.238 e. The highest BCUT2D eigenvalue weighted by atomic mass is 32.2. The lowest BCUT2D eigenvalue weighted by atomic mass is 9.81. The minimum atomic E-state index is -3.91. The van der Waals surface area contributed by atoms with Gasteiger partial charge in [-0.25, -0.2) is 17.9 Å². The van der Waals surface area contributed by atoms with Gasteiger partial charge in [0.2, 0.25) is 21.7 Å². The van der Waals surface area contributed by atoms with Crippen molar-refractivity contribution < 1.29 is 26.7 Å². The van der Waals surface area contributed by atoms with E-state index in [1.807, 2.05) is 0 Å². The predicted octanol–water partition coefficient (Wildman–Crippen LogP) is 3.92. The highest BCUT2D eigenvalue weighted by Gasteiger charge is 2.34. The number of hydrogen-bond acceptors (Lipinski definition) is 4. The third-order valence-corrected chi connectivity index (χ3v) is 6.38. The van der Waals surface area contributed by atoms with Crippen molar-refractivity contribution in [3.63, 3.8) is 0 Å². The van der Waals surface area contributed by atoms with Crippen LogP contribution in [0.2, 0.25) is 0 Å². The normalized spacial score (nSPS) is 19.7. The Balaban J connectivity index is 1.93. The van der Waals surface area contributed by atoms with Gasteiger partial charge in [-0.3, -0.25) is 4.79 Å². The van der Waals surface area contributed by atoms with Crippen LogP contribution in [0.4, 0.5) is 14.5 Å². The first kappa shape index (κ1) is 22.2. The maximum absolute atomic E-state index is 14.3. The van der Waals surface area contributed by atoms with Crippen LogP contribution >= 0.6 is 0 Å². The van der Waals surface area contributed by atoms with Crippen LogP contribution in [0, 0.1) is 17.6 Å². The number of nitrogens with one attached hydrogen (secondary N) is 1. The molecule has 2 aromatic carbocycles.